The van der Waals surface area contributed by atoms with Crippen molar-refractivity contribution in [2.75, 3.05) is 11.9 Å². The molecule has 0 amide bonds. The van der Waals surface area contributed by atoms with Gasteiger partial charge >= 0.3 is 5.69 Å². The largest absolute Gasteiger partial charge is 0.355 e. The molecule has 1 aliphatic heterocycles. The second-order valence-corrected chi connectivity index (χ2v) is 4.89. The highest BCUT2D eigenvalue weighted by atomic mass is 35.5. The van der Waals surface area contributed by atoms with Crippen LogP contribution in [0.25, 0.3) is 0 Å². The van der Waals surface area contributed by atoms with Crippen molar-refractivity contribution in [3.63, 3.8) is 0 Å². The van der Waals surface area contributed by atoms with Gasteiger partial charge in [0.1, 0.15) is 11.0 Å². The molecule has 1 aromatic heterocycles. The molecule has 4 radical (unpaired) electrons. The summed E-state index contributed by atoms with van der Waals surface area (Å²) in [6.45, 7) is 3.71. The fraction of sp³-hybridized carbons (Fsp3) is 0.556. The van der Waals surface area contributed by atoms with Crippen LogP contribution in [0.2, 0.25) is 5.15 Å². The van der Waals surface area contributed by atoms with E-state index in [1.165, 1.54) is 4.57 Å². The first kappa shape index (κ1) is 11.6. The number of aromatic nitrogens is 2. The lowest BCUT2D eigenvalue weighted by molar-refractivity contribution is 0.399. The Hall–Kier alpha value is -0.900. The molecule has 2 heterocycles. The number of halogens is 1. The van der Waals surface area contributed by atoms with Crippen molar-refractivity contribution in [3.8, 4) is 0 Å². The molecule has 1 aliphatic rings. The number of rotatable bonds is 0. The molecule has 0 spiro atoms. The maximum atomic E-state index is 11.8. The molecule has 1 aromatic rings. The third kappa shape index (κ3) is 1.19. The highest BCUT2D eigenvalue weighted by molar-refractivity contribution is 6.39. The van der Waals surface area contributed by atoms with Gasteiger partial charge in [-0.25, -0.2) is 4.79 Å². The molecular weight excluding hydrogens is 223 g/mol. The third-order valence-electron chi connectivity index (χ3n) is 3.40. The summed E-state index contributed by atoms with van der Waals surface area (Å²) >= 11 is 5.75. The van der Waals surface area contributed by atoms with Gasteiger partial charge in [-0.05, 0) is 19.2 Å². The standard InChI is InChI=1S/C9H10B2ClN3O/c1-8(2)9(10,11)15-6(14(8)3)4-5(12)13-7(15)16/h4H,1-3H3. The van der Waals surface area contributed by atoms with E-state index in [4.69, 9.17) is 27.3 Å². The first-order chi connectivity index (χ1) is 7.19. The second-order valence-electron chi connectivity index (χ2n) is 4.50. The molecule has 0 fully saturated rings. The van der Waals surface area contributed by atoms with E-state index in [0.717, 1.165) is 0 Å². The molecule has 7 heteroatoms. The molecule has 4 nitrogen and oxygen atoms in total. The Bertz CT molecular complexity index is 512. The molecule has 0 saturated carbocycles. The van der Waals surface area contributed by atoms with Crippen molar-refractivity contribution in [3.05, 3.63) is 21.7 Å². The van der Waals surface area contributed by atoms with Crippen molar-refractivity contribution in [2.45, 2.75) is 24.7 Å². The first-order valence-electron chi connectivity index (χ1n) is 4.81. The van der Waals surface area contributed by atoms with Crippen molar-refractivity contribution < 1.29 is 0 Å². The third-order valence-corrected chi connectivity index (χ3v) is 3.60. The molecule has 0 aromatic carbocycles. The lowest BCUT2D eigenvalue weighted by Gasteiger charge is -2.40. The van der Waals surface area contributed by atoms with Gasteiger partial charge in [-0.1, -0.05) is 11.6 Å². The highest BCUT2D eigenvalue weighted by Gasteiger charge is 2.48. The van der Waals surface area contributed by atoms with Gasteiger partial charge in [0, 0.05) is 18.7 Å². The predicted octanol–water partition coefficient (Wildman–Crippen LogP) is 0.0724. The lowest BCUT2D eigenvalue weighted by atomic mass is 9.53. The summed E-state index contributed by atoms with van der Waals surface area (Å²) in [7, 11) is 13.9. The zero-order valence-electron chi connectivity index (χ0n) is 9.36. The zero-order valence-corrected chi connectivity index (χ0v) is 10.1. The smallest absolute Gasteiger partial charge is 0.349 e. The van der Waals surface area contributed by atoms with E-state index in [2.05, 4.69) is 4.98 Å². The Balaban J connectivity index is 2.83. The SMILES string of the molecule is [B]C1([B])n2c(cc(Cl)nc2=O)N(C)C1(C)C. The van der Waals surface area contributed by atoms with Crippen LogP contribution in [0.15, 0.2) is 10.9 Å². The molecule has 0 N–H and O–H groups in total. The van der Waals surface area contributed by atoms with E-state index in [1.807, 2.05) is 25.8 Å². The van der Waals surface area contributed by atoms with Gasteiger partial charge in [0.05, 0.1) is 15.7 Å². The topological polar surface area (TPSA) is 38.1 Å². The molecule has 0 atom stereocenters. The van der Waals surface area contributed by atoms with Crippen molar-refractivity contribution in [1.29, 1.82) is 0 Å². The summed E-state index contributed by atoms with van der Waals surface area (Å²) in [5.41, 5.74) is -1.14. The number of nitrogens with zero attached hydrogens (tertiary/aromatic N) is 3. The predicted molar refractivity (Wildman–Crippen MR) is 65.5 cm³/mol. The van der Waals surface area contributed by atoms with Crippen LogP contribution >= 0.6 is 11.6 Å². The molecule has 80 valence electrons. The van der Waals surface area contributed by atoms with E-state index < -0.39 is 16.6 Å². The van der Waals surface area contributed by atoms with Gasteiger partial charge < -0.3 is 4.90 Å². The van der Waals surface area contributed by atoms with Crippen LogP contribution in [0.4, 0.5) is 5.82 Å². The summed E-state index contributed by atoms with van der Waals surface area (Å²) in [4.78, 5) is 17.2. The number of likely N-dealkylation sites (N-methyl/N-ethyl adjacent to an activating group) is 1. The average Bonchev–Trinajstić information content (AvgIpc) is 2.25. The molecule has 2 rings (SSSR count). The van der Waals surface area contributed by atoms with Crippen LogP contribution in [0.3, 0.4) is 0 Å². The van der Waals surface area contributed by atoms with Crippen LogP contribution in [-0.4, -0.2) is 37.8 Å². The van der Waals surface area contributed by atoms with Crippen LogP contribution in [0.1, 0.15) is 13.8 Å². The quantitative estimate of drug-likeness (QED) is 0.470. The Morgan fingerprint density at radius 3 is 2.56 bits per heavy atom. The van der Waals surface area contributed by atoms with Gasteiger partial charge in [-0.3, -0.25) is 4.57 Å². The van der Waals surface area contributed by atoms with Crippen molar-refractivity contribution in [1.82, 2.24) is 9.55 Å². The lowest BCUT2D eigenvalue weighted by Crippen LogP contribution is -2.57. The summed E-state index contributed by atoms with van der Waals surface area (Å²) in [5.74, 6) is 0.569. The Morgan fingerprint density at radius 1 is 1.44 bits per heavy atom. The summed E-state index contributed by atoms with van der Waals surface area (Å²) in [5, 5.41) is -1.18. The van der Waals surface area contributed by atoms with Crippen LogP contribution in [0, 0.1) is 0 Å². The van der Waals surface area contributed by atoms with Gasteiger partial charge in [0.2, 0.25) is 0 Å². The highest BCUT2D eigenvalue weighted by Crippen LogP contribution is 2.40. The maximum absolute atomic E-state index is 11.8. The fourth-order valence-electron chi connectivity index (χ4n) is 1.87. The first-order valence-corrected chi connectivity index (χ1v) is 5.19. The van der Waals surface area contributed by atoms with Gasteiger partial charge in [0.25, 0.3) is 0 Å². The fourth-order valence-corrected chi connectivity index (χ4v) is 2.04. The minimum atomic E-state index is -1.31. The van der Waals surface area contributed by atoms with E-state index in [0.29, 0.717) is 5.82 Å². The van der Waals surface area contributed by atoms with Gasteiger partial charge in [0.15, 0.2) is 0 Å². The van der Waals surface area contributed by atoms with Crippen LogP contribution in [-0.2, 0) is 5.34 Å². The normalized spacial score (nSPS) is 20.9. The molecule has 0 aliphatic carbocycles. The van der Waals surface area contributed by atoms with Gasteiger partial charge in [-0.15, -0.1) is 0 Å². The monoisotopic (exact) mass is 233 g/mol. The molecule has 16 heavy (non-hydrogen) atoms. The average molecular weight is 233 g/mol. The van der Waals surface area contributed by atoms with E-state index in [-0.39, 0.29) is 5.15 Å². The number of hydrogen-bond acceptors (Lipinski definition) is 3. The maximum Gasteiger partial charge on any atom is 0.349 e. The van der Waals surface area contributed by atoms with Crippen molar-refractivity contribution >= 4 is 33.1 Å². The zero-order chi connectivity index (χ0) is 12.3. The van der Waals surface area contributed by atoms with E-state index in [9.17, 15) is 4.79 Å². The molecule has 0 saturated heterocycles. The van der Waals surface area contributed by atoms with Crippen LogP contribution < -0.4 is 10.6 Å². The molecule has 0 bridgehead atoms. The molecule has 0 unspecified atom stereocenters. The Morgan fingerprint density at radius 2 is 2.00 bits per heavy atom. The van der Waals surface area contributed by atoms with Gasteiger partial charge in [-0.2, -0.15) is 4.98 Å². The Labute approximate surface area is 101 Å². The number of fused-ring (bicyclic) bond motifs is 1. The minimum Gasteiger partial charge on any atom is -0.355 e. The summed E-state index contributed by atoms with van der Waals surface area (Å²) in [6, 6.07) is 1.58. The van der Waals surface area contributed by atoms with Crippen molar-refractivity contribution in [2.24, 2.45) is 0 Å². The summed E-state index contributed by atoms with van der Waals surface area (Å²) in [6.07, 6.45) is 0. The summed E-state index contributed by atoms with van der Waals surface area (Å²) < 4.78 is 1.26. The number of anilines is 1. The van der Waals surface area contributed by atoms with E-state index >= 15 is 0 Å². The van der Waals surface area contributed by atoms with Crippen LogP contribution in [0.5, 0.6) is 0 Å². The number of hydrogen-bond donors (Lipinski definition) is 0. The van der Waals surface area contributed by atoms with E-state index in [1.54, 1.807) is 6.07 Å². The minimum absolute atomic E-state index is 0.136. The Kier molecular flexibility index (Phi) is 2.22. The molecular formula is C9H10B2ClN3O. The second kappa shape index (κ2) is 3.06.